The maximum absolute atomic E-state index is 12.4. The average Bonchev–Trinajstić information content (AvgIpc) is 3.04. The van der Waals surface area contributed by atoms with Gasteiger partial charge in [0.15, 0.2) is 5.82 Å². The summed E-state index contributed by atoms with van der Waals surface area (Å²) in [6, 6.07) is 11.1. The van der Waals surface area contributed by atoms with Crippen LogP contribution in [0.25, 0.3) is 11.4 Å². The number of hydrogen-bond acceptors (Lipinski definition) is 5. The van der Waals surface area contributed by atoms with Crippen LogP contribution in [0.15, 0.2) is 41.6 Å². The van der Waals surface area contributed by atoms with Gasteiger partial charge in [0.05, 0.1) is 15.8 Å². The largest absolute Gasteiger partial charge is 0.335 e. The molecule has 0 aliphatic carbocycles. The number of para-hydroxylation sites is 1. The van der Waals surface area contributed by atoms with Gasteiger partial charge in [0.1, 0.15) is 0 Å². The minimum absolute atomic E-state index is 0.131. The third-order valence-corrected chi connectivity index (χ3v) is 5.86. The number of hydrogen-bond donors (Lipinski definition) is 2. The number of rotatable bonds is 6. The molecule has 0 spiro atoms. The van der Waals surface area contributed by atoms with Gasteiger partial charge >= 0.3 is 0 Å². The van der Waals surface area contributed by atoms with Gasteiger partial charge in [-0.3, -0.25) is 4.79 Å². The second kappa shape index (κ2) is 8.86. The van der Waals surface area contributed by atoms with E-state index in [1.807, 2.05) is 25.1 Å². The number of carbonyl (C=O) groups is 1. The van der Waals surface area contributed by atoms with Crippen LogP contribution >= 0.6 is 35.0 Å². The lowest BCUT2D eigenvalue weighted by molar-refractivity contribution is -0.113. The molecule has 0 fully saturated rings. The predicted octanol–water partition coefficient (Wildman–Crippen LogP) is 4.57. The van der Waals surface area contributed by atoms with Crippen LogP contribution in [0.5, 0.6) is 0 Å². The Morgan fingerprint density at radius 3 is 2.71 bits per heavy atom. The van der Waals surface area contributed by atoms with Crippen LogP contribution in [0.4, 0.5) is 5.69 Å². The van der Waals surface area contributed by atoms with Gasteiger partial charge in [-0.05, 0) is 42.7 Å². The van der Waals surface area contributed by atoms with Gasteiger partial charge < -0.3 is 11.2 Å². The van der Waals surface area contributed by atoms with Crippen molar-refractivity contribution in [3.63, 3.8) is 0 Å². The predicted molar refractivity (Wildman–Crippen MR) is 116 cm³/mol. The minimum Gasteiger partial charge on any atom is -0.335 e. The van der Waals surface area contributed by atoms with Gasteiger partial charge in [0.25, 0.3) is 0 Å². The summed E-state index contributed by atoms with van der Waals surface area (Å²) in [6.07, 6.45) is 0.842. The van der Waals surface area contributed by atoms with E-state index in [0.29, 0.717) is 26.6 Å². The van der Waals surface area contributed by atoms with Crippen LogP contribution in [-0.4, -0.2) is 26.5 Å². The maximum atomic E-state index is 12.4. The first-order chi connectivity index (χ1) is 13.4. The van der Waals surface area contributed by atoms with Crippen molar-refractivity contribution < 1.29 is 4.79 Å². The van der Waals surface area contributed by atoms with E-state index in [1.165, 1.54) is 16.4 Å². The van der Waals surface area contributed by atoms with E-state index in [9.17, 15) is 4.79 Å². The second-order valence-corrected chi connectivity index (χ2v) is 7.86. The average molecular weight is 436 g/mol. The molecule has 3 N–H and O–H groups in total. The summed E-state index contributed by atoms with van der Waals surface area (Å²) < 4.78 is 1.34. The Morgan fingerprint density at radius 2 is 2.00 bits per heavy atom. The van der Waals surface area contributed by atoms with Gasteiger partial charge in [-0.15, -0.1) is 10.2 Å². The molecule has 1 aromatic heterocycles. The second-order valence-electron chi connectivity index (χ2n) is 6.10. The number of halogens is 2. The Bertz CT molecular complexity index is 1020. The summed E-state index contributed by atoms with van der Waals surface area (Å²) in [5.41, 5.74) is 3.68. The number of thioether (sulfide) groups is 1. The van der Waals surface area contributed by atoms with Crippen LogP contribution in [0.1, 0.15) is 18.1 Å². The molecule has 0 bridgehead atoms. The smallest absolute Gasteiger partial charge is 0.234 e. The topological polar surface area (TPSA) is 85.8 Å². The first-order valence-corrected chi connectivity index (χ1v) is 10.3. The zero-order valence-electron chi connectivity index (χ0n) is 15.4. The third kappa shape index (κ3) is 4.43. The number of anilines is 1. The fraction of sp³-hybridized carbons (Fsp3) is 0.211. The molecule has 0 saturated heterocycles. The van der Waals surface area contributed by atoms with Crippen LogP contribution < -0.4 is 11.2 Å². The number of nitrogens with one attached hydrogen (secondary N) is 1. The van der Waals surface area contributed by atoms with Gasteiger partial charge in [-0.2, -0.15) is 0 Å². The fourth-order valence-corrected chi connectivity index (χ4v) is 3.67. The molecule has 1 heterocycles. The van der Waals surface area contributed by atoms with E-state index >= 15 is 0 Å². The van der Waals surface area contributed by atoms with Crippen LogP contribution in [0.3, 0.4) is 0 Å². The van der Waals surface area contributed by atoms with E-state index in [-0.39, 0.29) is 11.7 Å². The lowest BCUT2D eigenvalue weighted by atomic mass is 10.1. The molecule has 0 saturated carbocycles. The highest BCUT2D eigenvalue weighted by Crippen LogP contribution is 2.29. The first kappa shape index (κ1) is 20.5. The van der Waals surface area contributed by atoms with E-state index < -0.39 is 0 Å². The zero-order valence-corrected chi connectivity index (χ0v) is 17.7. The van der Waals surface area contributed by atoms with E-state index in [1.54, 1.807) is 18.2 Å². The summed E-state index contributed by atoms with van der Waals surface area (Å²) in [5, 5.41) is 12.4. The quantitative estimate of drug-likeness (QED) is 0.437. The van der Waals surface area contributed by atoms with Crippen LogP contribution in [0.2, 0.25) is 10.0 Å². The van der Waals surface area contributed by atoms with Crippen molar-refractivity contribution in [2.75, 3.05) is 16.9 Å². The SMILES string of the molecule is CCc1cccc(C)c1NC(=O)CSc1nnc(-c2ccc(Cl)c(Cl)c2)n1N. The summed E-state index contributed by atoms with van der Waals surface area (Å²) in [5.74, 6) is 6.56. The Kier molecular flexibility index (Phi) is 6.49. The lowest BCUT2D eigenvalue weighted by Crippen LogP contribution is -2.17. The first-order valence-electron chi connectivity index (χ1n) is 8.57. The number of nitrogen functional groups attached to an aromatic ring is 1. The maximum Gasteiger partial charge on any atom is 0.234 e. The molecule has 0 unspecified atom stereocenters. The molecule has 146 valence electrons. The number of amides is 1. The molecule has 0 atom stereocenters. The standard InChI is InChI=1S/C19H19Cl2N5OS/c1-3-12-6-4-5-11(2)17(12)23-16(27)10-28-19-25-24-18(26(19)22)13-7-8-14(20)15(21)9-13/h4-9H,3,10,22H2,1-2H3,(H,23,27). The van der Waals surface area contributed by atoms with Crippen LogP contribution in [-0.2, 0) is 11.2 Å². The molecule has 6 nitrogen and oxygen atoms in total. The normalized spacial score (nSPS) is 10.9. The van der Waals surface area contributed by atoms with Gasteiger partial charge in [0.2, 0.25) is 11.1 Å². The molecule has 0 radical (unpaired) electrons. The molecule has 1 amide bonds. The molecule has 3 rings (SSSR count). The zero-order chi connectivity index (χ0) is 20.3. The summed E-state index contributed by atoms with van der Waals surface area (Å²) in [6.45, 7) is 4.03. The Balaban J connectivity index is 1.69. The van der Waals surface area contributed by atoms with E-state index in [2.05, 4.69) is 22.4 Å². The third-order valence-electron chi connectivity index (χ3n) is 4.18. The number of nitrogens with zero attached hydrogens (tertiary/aromatic N) is 3. The molecule has 3 aromatic rings. The van der Waals surface area contributed by atoms with Crippen LogP contribution in [0, 0.1) is 6.92 Å². The number of aromatic nitrogens is 3. The molecule has 28 heavy (non-hydrogen) atoms. The van der Waals surface area contributed by atoms with E-state index in [4.69, 9.17) is 29.0 Å². The van der Waals surface area contributed by atoms with Crippen molar-refractivity contribution in [2.45, 2.75) is 25.4 Å². The Morgan fingerprint density at radius 1 is 1.21 bits per heavy atom. The summed E-state index contributed by atoms with van der Waals surface area (Å²) >= 11 is 13.2. The number of benzene rings is 2. The van der Waals surface area contributed by atoms with Crippen molar-refractivity contribution in [3.05, 3.63) is 57.6 Å². The molecule has 2 aromatic carbocycles. The minimum atomic E-state index is -0.131. The molecular formula is C19H19Cl2N5OS. The van der Waals surface area contributed by atoms with Gasteiger partial charge in [-0.25, -0.2) is 4.68 Å². The molecular weight excluding hydrogens is 417 g/mol. The Hall–Kier alpha value is -2.22. The number of aryl methyl sites for hydroxylation is 2. The summed E-state index contributed by atoms with van der Waals surface area (Å²) in [7, 11) is 0. The van der Waals surface area contributed by atoms with Crippen molar-refractivity contribution in [1.82, 2.24) is 14.9 Å². The highest BCUT2D eigenvalue weighted by molar-refractivity contribution is 7.99. The summed E-state index contributed by atoms with van der Waals surface area (Å²) in [4.78, 5) is 12.4. The van der Waals surface area contributed by atoms with E-state index in [0.717, 1.165) is 23.2 Å². The highest BCUT2D eigenvalue weighted by atomic mass is 35.5. The van der Waals surface area contributed by atoms with Crippen molar-refractivity contribution in [2.24, 2.45) is 0 Å². The number of carbonyl (C=O) groups excluding carboxylic acids is 1. The van der Waals surface area contributed by atoms with Crippen molar-refractivity contribution in [1.29, 1.82) is 0 Å². The Labute approximate surface area is 177 Å². The monoisotopic (exact) mass is 435 g/mol. The number of nitrogens with two attached hydrogens (primary N) is 1. The molecule has 0 aliphatic rings. The molecule has 9 heteroatoms. The lowest BCUT2D eigenvalue weighted by Gasteiger charge is -2.12. The highest BCUT2D eigenvalue weighted by Gasteiger charge is 2.15. The van der Waals surface area contributed by atoms with Crippen molar-refractivity contribution >= 4 is 46.6 Å². The van der Waals surface area contributed by atoms with Gasteiger partial charge in [0, 0.05) is 11.3 Å². The molecule has 0 aliphatic heterocycles. The van der Waals surface area contributed by atoms with Crippen molar-refractivity contribution in [3.8, 4) is 11.4 Å². The van der Waals surface area contributed by atoms with Gasteiger partial charge in [-0.1, -0.05) is 60.1 Å². The fourth-order valence-electron chi connectivity index (χ4n) is 2.72.